The second-order valence-electron chi connectivity index (χ2n) is 2.51. The zero-order chi connectivity index (χ0) is 8.27. The van der Waals surface area contributed by atoms with Crippen LogP contribution in [0.5, 0.6) is 0 Å². The summed E-state index contributed by atoms with van der Waals surface area (Å²) in [5.74, 6) is 0.861. The lowest BCUT2D eigenvalue weighted by Gasteiger charge is -2.06. The highest BCUT2D eigenvalue weighted by Gasteiger charge is 1.98. The van der Waals surface area contributed by atoms with Crippen molar-refractivity contribution < 1.29 is 0 Å². The van der Waals surface area contributed by atoms with E-state index in [0.29, 0.717) is 0 Å². The third-order valence-corrected chi connectivity index (χ3v) is 1.57. The quantitative estimate of drug-likeness (QED) is 0.666. The maximum absolute atomic E-state index is 5.68. The number of nitrogens with two attached hydrogens (primary N) is 1. The van der Waals surface area contributed by atoms with Crippen LogP contribution >= 0.6 is 0 Å². The fourth-order valence-corrected chi connectivity index (χ4v) is 0.867. The van der Waals surface area contributed by atoms with E-state index in [0.717, 1.165) is 11.4 Å². The number of anilines is 1. The second kappa shape index (κ2) is 3.34. The minimum absolute atomic E-state index is 0.0742. The van der Waals surface area contributed by atoms with Crippen molar-refractivity contribution >= 4 is 5.82 Å². The number of hydrogen-bond donors (Lipinski definition) is 2. The van der Waals surface area contributed by atoms with Gasteiger partial charge in [0.25, 0.3) is 0 Å². The van der Waals surface area contributed by atoms with Gasteiger partial charge in [-0.2, -0.15) is 0 Å². The molecule has 3 N–H and O–H groups in total. The normalized spacial score (nSPS) is 12.6. The molecule has 1 rings (SSSR count). The molecule has 0 aliphatic heterocycles. The third kappa shape index (κ3) is 1.91. The fourth-order valence-electron chi connectivity index (χ4n) is 0.867. The average Bonchev–Trinajstić information content (AvgIpc) is 2.05. The number of nitrogens with zero attached hydrogens (tertiary/aromatic N) is 1. The Morgan fingerprint density at radius 1 is 1.64 bits per heavy atom. The van der Waals surface area contributed by atoms with E-state index in [1.165, 1.54) is 0 Å². The van der Waals surface area contributed by atoms with Gasteiger partial charge in [-0.1, -0.05) is 0 Å². The van der Waals surface area contributed by atoms with Crippen LogP contribution in [0.3, 0.4) is 0 Å². The van der Waals surface area contributed by atoms with Crippen LogP contribution < -0.4 is 11.1 Å². The topological polar surface area (TPSA) is 50.9 Å². The van der Waals surface area contributed by atoms with Crippen molar-refractivity contribution in [2.75, 3.05) is 12.4 Å². The van der Waals surface area contributed by atoms with E-state index in [9.17, 15) is 0 Å². The van der Waals surface area contributed by atoms with Crippen molar-refractivity contribution in [2.45, 2.75) is 13.0 Å². The molecule has 0 aliphatic carbocycles. The molecular weight excluding hydrogens is 138 g/mol. The molecule has 1 aromatic heterocycles. The Morgan fingerprint density at radius 3 is 2.91 bits per heavy atom. The van der Waals surface area contributed by atoms with Gasteiger partial charge in [-0.15, -0.1) is 0 Å². The summed E-state index contributed by atoms with van der Waals surface area (Å²) in [4.78, 5) is 4.07. The summed E-state index contributed by atoms with van der Waals surface area (Å²) in [6.07, 6.45) is 1.75. The van der Waals surface area contributed by atoms with Crippen molar-refractivity contribution in [1.82, 2.24) is 4.98 Å². The Balaban J connectivity index is 2.91. The molecule has 0 amide bonds. The lowest BCUT2D eigenvalue weighted by molar-refractivity contribution is 0.816. The van der Waals surface area contributed by atoms with Gasteiger partial charge < -0.3 is 11.1 Å². The lowest BCUT2D eigenvalue weighted by atomic mass is 10.1. The van der Waals surface area contributed by atoms with Crippen LogP contribution in [0.2, 0.25) is 0 Å². The summed E-state index contributed by atoms with van der Waals surface area (Å²) in [6, 6.07) is 3.95. The Kier molecular flexibility index (Phi) is 2.44. The largest absolute Gasteiger partial charge is 0.373 e. The van der Waals surface area contributed by atoms with Crippen LogP contribution in [-0.2, 0) is 0 Å². The number of aromatic nitrogens is 1. The first-order chi connectivity index (χ1) is 5.24. The molecule has 60 valence electrons. The highest BCUT2D eigenvalue weighted by Crippen LogP contribution is 2.11. The molecule has 0 saturated carbocycles. The molecule has 3 nitrogen and oxygen atoms in total. The van der Waals surface area contributed by atoms with Crippen LogP contribution in [0.15, 0.2) is 18.3 Å². The van der Waals surface area contributed by atoms with E-state index in [1.54, 1.807) is 6.20 Å². The number of pyridine rings is 1. The van der Waals surface area contributed by atoms with Gasteiger partial charge in [0.1, 0.15) is 5.82 Å². The van der Waals surface area contributed by atoms with Crippen molar-refractivity contribution in [3.63, 3.8) is 0 Å². The molecule has 0 aliphatic rings. The predicted octanol–water partition coefficient (Wildman–Crippen LogP) is 1.14. The first-order valence-electron chi connectivity index (χ1n) is 3.63. The molecule has 1 aromatic rings. The van der Waals surface area contributed by atoms with E-state index in [2.05, 4.69) is 10.3 Å². The maximum atomic E-state index is 5.68. The molecule has 11 heavy (non-hydrogen) atoms. The van der Waals surface area contributed by atoms with Gasteiger partial charge in [-0.3, -0.25) is 0 Å². The highest BCUT2D eigenvalue weighted by atomic mass is 14.9. The Hall–Kier alpha value is -1.09. The van der Waals surface area contributed by atoms with E-state index in [1.807, 2.05) is 26.1 Å². The molecule has 0 fully saturated rings. The smallest absolute Gasteiger partial charge is 0.125 e. The van der Waals surface area contributed by atoms with E-state index < -0.39 is 0 Å². The summed E-state index contributed by atoms with van der Waals surface area (Å²) in [6.45, 7) is 1.95. The molecule has 3 heteroatoms. The van der Waals surface area contributed by atoms with Crippen molar-refractivity contribution in [3.05, 3.63) is 23.9 Å². The van der Waals surface area contributed by atoms with Crippen LogP contribution in [0.1, 0.15) is 18.5 Å². The molecular formula is C8H13N3. The van der Waals surface area contributed by atoms with Gasteiger partial charge in [0, 0.05) is 19.3 Å². The van der Waals surface area contributed by atoms with Crippen LogP contribution in [0.4, 0.5) is 5.82 Å². The van der Waals surface area contributed by atoms with Crippen LogP contribution in [-0.4, -0.2) is 12.0 Å². The van der Waals surface area contributed by atoms with E-state index in [4.69, 9.17) is 5.73 Å². The molecule has 1 heterocycles. The molecule has 0 bridgehead atoms. The predicted molar refractivity (Wildman–Crippen MR) is 46.4 cm³/mol. The molecule has 0 aromatic carbocycles. The van der Waals surface area contributed by atoms with Crippen molar-refractivity contribution in [1.29, 1.82) is 0 Å². The summed E-state index contributed by atoms with van der Waals surface area (Å²) < 4.78 is 0. The minimum atomic E-state index is 0.0742. The monoisotopic (exact) mass is 151 g/mol. The van der Waals surface area contributed by atoms with Gasteiger partial charge in [-0.25, -0.2) is 4.98 Å². The van der Waals surface area contributed by atoms with Gasteiger partial charge in [0.2, 0.25) is 0 Å². The van der Waals surface area contributed by atoms with Gasteiger partial charge in [0.15, 0.2) is 0 Å². The third-order valence-electron chi connectivity index (χ3n) is 1.57. The number of rotatable bonds is 2. The molecule has 0 radical (unpaired) electrons. The highest BCUT2D eigenvalue weighted by molar-refractivity contribution is 5.37. The second-order valence-corrected chi connectivity index (χ2v) is 2.51. The zero-order valence-corrected chi connectivity index (χ0v) is 6.83. The zero-order valence-electron chi connectivity index (χ0n) is 6.83. The van der Waals surface area contributed by atoms with Gasteiger partial charge in [-0.05, 0) is 24.6 Å². The maximum Gasteiger partial charge on any atom is 0.125 e. The molecule has 1 atom stereocenters. The van der Waals surface area contributed by atoms with E-state index >= 15 is 0 Å². The van der Waals surface area contributed by atoms with Crippen molar-refractivity contribution in [3.8, 4) is 0 Å². The first kappa shape index (κ1) is 8.01. The minimum Gasteiger partial charge on any atom is -0.373 e. The standard InChI is InChI=1S/C8H13N3/c1-6(9)7-3-4-11-8(5-7)10-2/h3-6H,9H2,1-2H3,(H,10,11)/t6-/m1/s1. The Bertz CT molecular complexity index is 233. The van der Waals surface area contributed by atoms with Gasteiger partial charge in [0.05, 0.1) is 0 Å². The lowest BCUT2D eigenvalue weighted by Crippen LogP contribution is -2.05. The molecule has 0 unspecified atom stereocenters. The first-order valence-corrected chi connectivity index (χ1v) is 3.63. The van der Waals surface area contributed by atoms with Crippen LogP contribution in [0, 0.1) is 0 Å². The average molecular weight is 151 g/mol. The SMILES string of the molecule is CNc1cc([C@@H](C)N)ccn1. The van der Waals surface area contributed by atoms with E-state index in [-0.39, 0.29) is 6.04 Å². The van der Waals surface area contributed by atoms with Crippen molar-refractivity contribution in [2.24, 2.45) is 5.73 Å². The Morgan fingerprint density at radius 2 is 2.36 bits per heavy atom. The summed E-state index contributed by atoms with van der Waals surface area (Å²) in [5.41, 5.74) is 6.78. The fraction of sp³-hybridized carbons (Fsp3) is 0.375. The summed E-state index contributed by atoms with van der Waals surface area (Å²) in [5, 5.41) is 2.96. The van der Waals surface area contributed by atoms with Crippen LogP contribution in [0.25, 0.3) is 0 Å². The number of nitrogens with one attached hydrogen (secondary N) is 1. The molecule has 0 spiro atoms. The summed E-state index contributed by atoms with van der Waals surface area (Å²) >= 11 is 0. The van der Waals surface area contributed by atoms with Gasteiger partial charge >= 0.3 is 0 Å². The number of hydrogen-bond acceptors (Lipinski definition) is 3. The summed E-state index contributed by atoms with van der Waals surface area (Å²) in [7, 11) is 1.84. The molecule has 0 saturated heterocycles. The Labute approximate surface area is 66.6 Å².